The highest BCUT2D eigenvalue weighted by Crippen LogP contribution is 2.36. The number of aliphatic hydroxyl groups excluding tert-OH is 1. The Morgan fingerprint density at radius 3 is 1.21 bits per heavy atom. The topological polar surface area (TPSA) is 164 Å². The first-order chi connectivity index (χ1) is 36.9. The van der Waals surface area contributed by atoms with Crippen LogP contribution in [0.25, 0.3) is 0 Å². The Balaban J connectivity index is 1.13. The summed E-state index contributed by atoms with van der Waals surface area (Å²) >= 11 is 0. The molecule has 7 aromatic carbocycles. The smallest absolute Gasteiger partial charge is 0.338 e. The molecule has 386 valence electrons. The summed E-state index contributed by atoms with van der Waals surface area (Å²) in [6.07, 6.45) is -13.4. The second-order valence-electron chi connectivity index (χ2n) is 17.9. The number of carbonyl (C=O) groups excluding carboxylic acids is 3. The van der Waals surface area contributed by atoms with Crippen LogP contribution in [-0.2, 0) is 73.8 Å². The second kappa shape index (κ2) is 26.7. The van der Waals surface area contributed by atoms with E-state index in [0.29, 0.717) is 5.56 Å². The van der Waals surface area contributed by atoms with Crippen molar-refractivity contribution in [1.29, 1.82) is 0 Å². The highest BCUT2D eigenvalue weighted by Gasteiger charge is 2.56. The molecule has 2 heterocycles. The van der Waals surface area contributed by atoms with Gasteiger partial charge in [-0.1, -0.05) is 176 Å². The molecular formula is C61H58O14. The summed E-state index contributed by atoms with van der Waals surface area (Å²) in [7, 11) is 0. The maximum Gasteiger partial charge on any atom is 0.338 e. The molecule has 0 radical (unpaired) electrons. The van der Waals surface area contributed by atoms with Crippen molar-refractivity contribution in [2.45, 2.75) is 87.8 Å². The number of carbonyl (C=O) groups is 3. The highest BCUT2D eigenvalue weighted by atomic mass is 16.8. The predicted molar refractivity (Wildman–Crippen MR) is 274 cm³/mol. The van der Waals surface area contributed by atoms with Gasteiger partial charge in [0.1, 0.15) is 43.2 Å². The van der Waals surface area contributed by atoms with Gasteiger partial charge in [0.15, 0.2) is 24.8 Å². The Morgan fingerprint density at radius 1 is 0.373 bits per heavy atom. The van der Waals surface area contributed by atoms with Crippen LogP contribution in [0.3, 0.4) is 0 Å². The summed E-state index contributed by atoms with van der Waals surface area (Å²) in [4.78, 5) is 41.9. The van der Waals surface area contributed by atoms with Crippen LogP contribution in [-0.4, -0.2) is 97.6 Å². The average Bonchev–Trinajstić information content (AvgIpc) is 3.46. The lowest BCUT2D eigenvalue weighted by molar-refractivity contribution is -0.366. The average molecular weight is 1020 g/mol. The lowest BCUT2D eigenvalue weighted by Gasteiger charge is -2.49. The normalized spacial score (nSPS) is 23.4. The molecule has 0 bridgehead atoms. The van der Waals surface area contributed by atoms with Gasteiger partial charge in [-0.3, -0.25) is 0 Å². The van der Waals surface area contributed by atoms with Crippen molar-refractivity contribution in [3.05, 3.63) is 251 Å². The van der Waals surface area contributed by atoms with E-state index in [9.17, 15) is 19.5 Å². The lowest BCUT2D eigenvalue weighted by Crippen LogP contribution is -2.66. The van der Waals surface area contributed by atoms with Crippen LogP contribution in [0.4, 0.5) is 0 Å². The van der Waals surface area contributed by atoms with E-state index in [4.69, 9.17) is 47.4 Å². The fourth-order valence-corrected chi connectivity index (χ4v) is 8.81. The van der Waals surface area contributed by atoms with Gasteiger partial charge in [-0.05, 0) is 58.7 Å². The largest absolute Gasteiger partial charge is 0.459 e. The first-order valence-corrected chi connectivity index (χ1v) is 24.8. The molecule has 2 saturated heterocycles. The molecule has 9 rings (SSSR count). The van der Waals surface area contributed by atoms with Crippen LogP contribution < -0.4 is 0 Å². The Kier molecular flexibility index (Phi) is 18.7. The molecule has 0 amide bonds. The molecule has 2 aliphatic rings. The van der Waals surface area contributed by atoms with Crippen molar-refractivity contribution in [1.82, 2.24) is 0 Å². The Labute approximate surface area is 435 Å². The summed E-state index contributed by atoms with van der Waals surface area (Å²) in [5, 5.41) is 11.9. The van der Waals surface area contributed by atoms with Gasteiger partial charge >= 0.3 is 17.9 Å². The van der Waals surface area contributed by atoms with Gasteiger partial charge in [0.25, 0.3) is 0 Å². The first-order valence-electron chi connectivity index (χ1n) is 24.8. The van der Waals surface area contributed by atoms with Crippen molar-refractivity contribution in [2.24, 2.45) is 0 Å². The number of ether oxygens (including phenoxy) is 10. The van der Waals surface area contributed by atoms with Gasteiger partial charge in [0.05, 0.1) is 49.7 Å². The maximum absolute atomic E-state index is 14.3. The van der Waals surface area contributed by atoms with Crippen molar-refractivity contribution < 1.29 is 66.9 Å². The van der Waals surface area contributed by atoms with E-state index in [2.05, 4.69) is 0 Å². The van der Waals surface area contributed by atoms with E-state index < -0.39 is 79.3 Å². The maximum atomic E-state index is 14.3. The fraction of sp³-hybridized carbons (Fsp3) is 0.262. The molecule has 75 heavy (non-hydrogen) atoms. The molecule has 0 saturated carbocycles. The summed E-state index contributed by atoms with van der Waals surface area (Å²) in [6, 6.07) is 63.1. The minimum Gasteiger partial charge on any atom is -0.459 e. The number of hydrogen-bond acceptors (Lipinski definition) is 14. The van der Waals surface area contributed by atoms with Gasteiger partial charge in [-0.15, -0.1) is 0 Å². The van der Waals surface area contributed by atoms with Gasteiger partial charge in [0.2, 0.25) is 0 Å². The molecular weight excluding hydrogens is 957 g/mol. The van der Waals surface area contributed by atoms with Crippen LogP contribution in [0.1, 0.15) is 53.3 Å². The zero-order valence-corrected chi connectivity index (χ0v) is 41.0. The van der Waals surface area contributed by atoms with Gasteiger partial charge < -0.3 is 52.5 Å². The van der Waals surface area contributed by atoms with Crippen LogP contribution in [0.5, 0.6) is 0 Å². The van der Waals surface area contributed by atoms with Crippen LogP contribution in [0, 0.1) is 0 Å². The highest BCUT2D eigenvalue weighted by molar-refractivity contribution is 5.90. The third-order valence-corrected chi connectivity index (χ3v) is 12.6. The third-order valence-electron chi connectivity index (χ3n) is 12.6. The molecule has 10 atom stereocenters. The number of hydrogen-bond donors (Lipinski definition) is 1. The SMILES string of the molecule is O=C(OC[C@H]1O[C@H](O[C@H]2[C@H](OC(=O)c3ccccc3)[C@H](OC(=O)c3ccccc3)[C@@H](O)O[C@@H]2COCc2ccccc2)[C@@H](OCc2ccccc2)[C@@H](OCc2ccccc2)[C@@H]1OCc1ccccc1)c1ccccc1. The van der Waals surface area contributed by atoms with Crippen molar-refractivity contribution in [3.63, 3.8) is 0 Å². The van der Waals surface area contributed by atoms with Crippen molar-refractivity contribution in [3.8, 4) is 0 Å². The standard InChI is InChI=1S/C61H58O14/c62-57(46-30-16-5-17-31-46)70-41-50-51(67-37-43-24-10-2-11-25-43)53(68-38-44-26-12-3-13-27-44)56(69-39-45-28-14-4-15-29-45)61(72-50)75-52-49(40-66-36-42-22-8-1-9-23-42)71-60(65)55(74-59(64)48-34-20-7-21-35-48)54(52)73-58(63)47-32-18-6-19-33-47/h1-35,49-56,60-61,65H,36-41H2/t49-,50-,51-,52-,53+,54+,55+,56+,60+,61-/m1/s1. The van der Waals surface area contributed by atoms with Crippen molar-refractivity contribution >= 4 is 17.9 Å². The van der Waals surface area contributed by atoms with Crippen LogP contribution in [0.15, 0.2) is 212 Å². The molecule has 1 N–H and O–H groups in total. The van der Waals surface area contributed by atoms with E-state index in [1.54, 1.807) is 91.0 Å². The molecule has 0 unspecified atom stereocenters. The van der Waals surface area contributed by atoms with Gasteiger partial charge in [-0.2, -0.15) is 0 Å². The molecule has 2 aliphatic heterocycles. The minimum absolute atomic E-state index is 0.0478. The molecule has 14 nitrogen and oxygen atoms in total. The summed E-state index contributed by atoms with van der Waals surface area (Å²) in [6.45, 7) is -0.163. The molecule has 14 heteroatoms. The third kappa shape index (κ3) is 14.5. The van der Waals surface area contributed by atoms with E-state index in [1.165, 1.54) is 0 Å². The van der Waals surface area contributed by atoms with Crippen molar-refractivity contribution in [2.75, 3.05) is 13.2 Å². The Bertz CT molecular complexity index is 2810. The Hall–Kier alpha value is -7.37. The lowest BCUT2D eigenvalue weighted by atomic mass is 9.95. The molecule has 0 spiro atoms. The van der Waals surface area contributed by atoms with E-state index >= 15 is 0 Å². The molecule has 0 aromatic heterocycles. The quantitative estimate of drug-likeness (QED) is 0.0505. The number of benzene rings is 7. The minimum atomic E-state index is -1.85. The summed E-state index contributed by atoms with van der Waals surface area (Å²) in [5.74, 6) is -2.24. The van der Waals surface area contributed by atoms with E-state index in [0.717, 1.165) is 22.3 Å². The number of aliphatic hydroxyl groups is 1. The predicted octanol–water partition coefficient (Wildman–Crippen LogP) is 9.09. The van der Waals surface area contributed by atoms with E-state index in [-0.39, 0.29) is 50.8 Å². The van der Waals surface area contributed by atoms with Gasteiger partial charge in [0, 0.05) is 0 Å². The van der Waals surface area contributed by atoms with Gasteiger partial charge in [-0.25, -0.2) is 14.4 Å². The molecule has 2 fully saturated rings. The first kappa shape index (κ1) is 52.5. The van der Waals surface area contributed by atoms with E-state index in [1.807, 2.05) is 121 Å². The monoisotopic (exact) mass is 1010 g/mol. The molecule has 7 aromatic rings. The van der Waals surface area contributed by atoms with Crippen LogP contribution >= 0.6 is 0 Å². The Morgan fingerprint density at radius 2 is 0.747 bits per heavy atom. The second-order valence-corrected chi connectivity index (χ2v) is 17.9. The zero-order valence-electron chi connectivity index (χ0n) is 41.0. The summed E-state index contributed by atoms with van der Waals surface area (Å²) in [5.41, 5.74) is 4.03. The number of esters is 3. The summed E-state index contributed by atoms with van der Waals surface area (Å²) < 4.78 is 65.8. The fourth-order valence-electron chi connectivity index (χ4n) is 8.81. The number of rotatable bonds is 22. The zero-order chi connectivity index (χ0) is 51.6. The molecule has 0 aliphatic carbocycles. The van der Waals surface area contributed by atoms with Crippen LogP contribution in [0.2, 0.25) is 0 Å².